The van der Waals surface area contributed by atoms with E-state index in [1.165, 1.54) is 39.0 Å². The molecule has 0 amide bonds. The SMILES string of the molecule is CC1(C)c2ccccc2Nc2cc3c(cc21)Nc1cc(N2c4ccccc4Oc4ccccc42)ccc1N3c1ccc(C2(c3ccccc3)C3=CC=CCC3Cc3ccccc32)cc1. The van der Waals surface area contributed by atoms with Crippen molar-refractivity contribution in [3.63, 3.8) is 0 Å². The fraction of sp³-hybridized carbons (Fsp3) is 0.119. The Hall–Kier alpha value is -7.76. The van der Waals surface area contributed by atoms with Crippen LogP contribution in [0.5, 0.6) is 11.5 Å². The smallest absolute Gasteiger partial charge is 0.151 e. The van der Waals surface area contributed by atoms with Crippen molar-refractivity contribution in [3.8, 4) is 11.5 Å². The van der Waals surface area contributed by atoms with E-state index in [1.54, 1.807) is 0 Å². The molecule has 3 heterocycles. The van der Waals surface area contributed by atoms with Crippen LogP contribution in [-0.4, -0.2) is 0 Å². The van der Waals surface area contributed by atoms with Gasteiger partial charge < -0.3 is 25.2 Å². The second-order valence-corrected chi connectivity index (χ2v) is 18.3. The van der Waals surface area contributed by atoms with E-state index in [9.17, 15) is 0 Å². The highest BCUT2D eigenvalue weighted by atomic mass is 16.5. The van der Waals surface area contributed by atoms with Gasteiger partial charge in [-0.1, -0.05) is 141 Å². The second-order valence-electron chi connectivity index (χ2n) is 18.3. The Kier molecular flexibility index (Phi) is 7.99. The van der Waals surface area contributed by atoms with Gasteiger partial charge in [0, 0.05) is 28.2 Å². The lowest BCUT2D eigenvalue weighted by molar-refractivity contribution is 0.477. The van der Waals surface area contributed by atoms with E-state index in [-0.39, 0.29) is 5.41 Å². The van der Waals surface area contributed by atoms with Crippen LogP contribution in [0.25, 0.3) is 0 Å². The highest BCUT2D eigenvalue weighted by Crippen LogP contribution is 2.58. The van der Waals surface area contributed by atoms with Crippen molar-refractivity contribution in [1.29, 1.82) is 0 Å². The molecule has 0 radical (unpaired) electrons. The van der Waals surface area contributed by atoms with Gasteiger partial charge >= 0.3 is 0 Å². The van der Waals surface area contributed by atoms with Crippen molar-refractivity contribution in [2.75, 3.05) is 20.4 Å². The van der Waals surface area contributed by atoms with Gasteiger partial charge in [-0.05, 0) is 131 Å². The van der Waals surface area contributed by atoms with E-state index in [1.807, 2.05) is 24.3 Å². The summed E-state index contributed by atoms with van der Waals surface area (Å²) in [7, 11) is 0. The Morgan fingerprint density at radius 3 is 1.92 bits per heavy atom. The predicted molar refractivity (Wildman–Crippen MR) is 263 cm³/mol. The number of anilines is 10. The summed E-state index contributed by atoms with van der Waals surface area (Å²) in [5.74, 6) is 2.10. The standard InChI is InChI=1S/C59H46N4O/c1-58(2)46-22-10-11-23-48(46)60-49-37-55-51(36-47(49)58)61-50-35-43(63-53-24-12-14-26-56(53)64-57-27-15-13-25-54(57)63)32-33-52(50)62(55)42-30-28-41(29-31-42)59(40-18-4-3-5-19-40)44-20-8-6-16-38(44)34-39-17-7-9-21-45(39)59/h3-16,18-33,35-37,39,60-61H,17,34H2,1-2H3. The summed E-state index contributed by atoms with van der Waals surface area (Å²) in [6, 6.07) is 66.6. The molecule has 2 unspecified atom stereocenters. The number of hydrogen-bond acceptors (Lipinski definition) is 5. The summed E-state index contributed by atoms with van der Waals surface area (Å²) >= 11 is 0. The number of ether oxygens (including phenoxy) is 1. The van der Waals surface area contributed by atoms with Gasteiger partial charge in [0.05, 0.1) is 39.5 Å². The molecule has 0 saturated heterocycles. The molecule has 2 aliphatic carbocycles. The lowest BCUT2D eigenvalue weighted by atomic mass is 9.55. The number of para-hydroxylation sites is 5. The number of benzene rings is 8. The Bertz CT molecular complexity index is 3210. The first-order valence-electron chi connectivity index (χ1n) is 22.5. The minimum atomic E-state index is -0.426. The quantitative estimate of drug-likeness (QED) is 0.185. The minimum Gasteiger partial charge on any atom is -0.453 e. The summed E-state index contributed by atoms with van der Waals surface area (Å²) < 4.78 is 6.42. The third-order valence-corrected chi connectivity index (χ3v) is 14.5. The van der Waals surface area contributed by atoms with Crippen LogP contribution in [0, 0.1) is 5.92 Å². The zero-order chi connectivity index (χ0) is 42.6. The first kappa shape index (κ1) is 36.9. The fourth-order valence-electron chi connectivity index (χ4n) is 11.6. The average Bonchev–Trinajstić information content (AvgIpc) is 3.34. The number of nitrogens with one attached hydrogen (secondary N) is 2. The molecule has 8 aromatic rings. The summed E-state index contributed by atoms with van der Waals surface area (Å²) in [6.07, 6.45) is 9.13. The van der Waals surface area contributed by atoms with Gasteiger partial charge in [-0.3, -0.25) is 0 Å². The van der Waals surface area contributed by atoms with E-state index in [0.717, 1.165) is 81.2 Å². The molecule has 0 bridgehead atoms. The van der Waals surface area contributed by atoms with Gasteiger partial charge in [0.1, 0.15) is 0 Å². The van der Waals surface area contributed by atoms with Crippen molar-refractivity contribution < 1.29 is 4.74 Å². The second kappa shape index (κ2) is 13.9. The maximum Gasteiger partial charge on any atom is 0.151 e. The first-order chi connectivity index (χ1) is 31.5. The van der Waals surface area contributed by atoms with Gasteiger partial charge in [-0.25, -0.2) is 0 Å². The molecule has 5 nitrogen and oxygen atoms in total. The van der Waals surface area contributed by atoms with Crippen LogP contribution >= 0.6 is 0 Å². The lowest BCUT2D eigenvalue weighted by Gasteiger charge is -2.47. The maximum atomic E-state index is 6.42. The van der Waals surface area contributed by atoms with Gasteiger partial charge in [0.25, 0.3) is 0 Å². The topological polar surface area (TPSA) is 39.8 Å². The van der Waals surface area contributed by atoms with Crippen molar-refractivity contribution in [3.05, 3.63) is 239 Å². The monoisotopic (exact) mass is 826 g/mol. The summed E-state index contributed by atoms with van der Waals surface area (Å²) in [5.41, 5.74) is 19.5. The highest BCUT2D eigenvalue weighted by Gasteiger charge is 2.47. The van der Waals surface area contributed by atoms with E-state index in [2.05, 4.69) is 210 Å². The van der Waals surface area contributed by atoms with Crippen molar-refractivity contribution in [2.45, 2.75) is 37.5 Å². The molecule has 0 spiro atoms. The number of rotatable bonds is 4. The summed E-state index contributed by atoms with van der Waals surface area (Å²) in [6.45, 7) is 4.68. The molecule has 5 heteroatoms. The molecule has 3 aliphatic heterocycles. The van der Waals surface area contributed by atoms with Crippen LogP contribution in [0.1, 0.15) is 53.6 Å². The Balaban J connectivity index is 1.00. The van der Waals surface area contributed by atoms with E-state index in [4.69, 9.17) is 4.74 Å². The van der Waals surface area contributed by atoms with Gasteiger partial charge in [0.15, 0.2) is 11.5 Å². The zero-order valence-electron chi connectivity index (χ0n) is 35.8. The summed E-state index contributed by atoms with van der Waals surface area (Å²) in [4.78, 5) is 4.76. The maximum absolute atomic E-state index is 6.42. The number of allylic oxidation sites excluding steroid dienone is 4. The molecule has 64 heavy (non-hydrogen) atoms. The van der Waals surface area contributed by atoms with Crippen LogP contribution in [0.2, 0.25) is 0 Å². The Morgan fingerprint density at radius 1 is 0.500 bits per heavy atom. The predicted octanol–water partition coefficient (Wildman–Crippen LogP) is 15.6. The first-order valence-corrected chi connectivity index (χ1v) is 22.5. The molecule has 2 N–H and O–H groups in total. The van der Waals surface area contributed by atoms with Gasteiger partial charge in [-0.2, -0.15) is 0 Å². The summed E-state index contributed by atoms with van der Waals surface area (Å²) in [5, 5.41) is 7.81. The van der Waals surface area contributed by atoms with E-state index >= 15 is 0 Å². The van der Waals surface area contributed by atoms with Crippen LogP contribution in [0.3, 0.4) is 0 Å². The highest BCUT2D eigenvalue weighted by molar-refractivity contribution is 6.01. The third-order valence-electron chi connectivity index (χ3n) is 14.5. The lowest BCUT2D eigenvalue weighted by Crippen LogP contribution is -2.40. The van der Waals surface area contributed by atoms with E-state index in [0.29, 0.717) is 5.92 Å². The molecule has 8 aromatic carbocycles. The van der Waals surface area contributed by atoms with Crippen molar-refractivity contribution in [1.82, 2.24) is 0 Å². The normalized spacial score (nSPS) is 19.0. The molecule has 0 saturated carbocycles. The number of fused-ring (bicyclic) bond motifs is 8. The van der Waals surface area contributed by atoms with E-state index < -0.39 is 5.41 Å². The van der Waals surface area contributed by atoms with Crippen molar-refractivity contribution >= 4 is 56.9 Å². The molecule has 2 atom stereocenters. The Labute approximate surface area is 374 Å². The molecular weight excluding hydrogens is 781 g/mol. The molecule has 5 aliphatic rings. The number of nitrogens with zero attached hydrogens (tertiary/aromatic N) is 2. The van der Waals surface area contributed by atoms with Crippen LogP contribution in [0.4, 0.5) is 56.9 Å². The third kappa shape index (κ3) is 5.30. The minimum absolute atomic E-state index is 0.216. The molecule has 0 aromatic heterocycles. The van der Waals surface area contributed by atoms with Crippen LogP contribution < -0.4 is 25.2 Å². The fourth-order valence-corrected chi connectivity index (χ4v) is 11.6. The molecular formula is C59H46N4O. The van der Waals surface area contributed by atoms with Gasteiger partial charge in [0.2, 0.25) is 0 Å². The zero-order valence-corrected chi connectivity index (χ0v) is 35.8. The van der Waals surface area contributed by atoms with Crippen LogP contribution in [0.15, 0.2) is 206 Å². The average molecular weight is 827 g/mol. The van der Waals surface area contributed by atoms with Crippen LogP contribution in [-0.2, 0) is 17.3 Å². The van der Waals surface area contributed by atoms with Gasteiger partial charge in [-0.15, -0.1) is 0 Å². The molecule has 13 rings (SSSR count). The molecule has 0 fully saturated rings. The largest absolute Gasteiger partial charge is 0.453 e. The molecule has 308 valence electrons. The Morgan fingerprint density at radius 2 is 1.12 bits per heavy atom. The van der Waals surface area contributed by atoms with Crippen molar-refractivity contribution in [2.24, 2.45) is 5.92 Å². The number of hydrogen-bond donors (Lipinski definition) is 2.